The highest BCUT2D eigenvalue weighted by molar-refractivity contribution is 5.94. The number of carbonyl (C=O) groups excluding carboxylic acids is 1. The van der Waals surface area contributed by atoms with E-state index in [0.29, 0.717) is 24.2 Å². The number of fused-ring (bicyclic) bond motifs is 2. The van der Waals surface area contributed by atoms with Crippen LogP contribution < -0.4 is 10.6 Å². The summed E-state index contributed by atoms with van der Waals surface area (Å²) in [6.45, 7) is 1.18. The molecule has 0 radical (unpaired) electrons. The third-order valence-electron chi connectivity index (χ3n) is 7.44. The highest BCUT2D eigenvalue weighted by Crippen LogP contribution is 2.36. The zero-order chi connectivity index (χ0) is 19.3. The molecule has 1 amide bonds. The molecule has 1 aromatic rings. The highest BCUT2D eigenvalue weighted by Gasteiger charge is 2.41. The number of hydrogen-bond donors (Lipinski definition) is 2. The van der Waals surface area contributed by atoms with Crippen LogP contribution in [0.15, 0.2) is 30.3 Å². The number of nitrogens with zero attached hydrogens (tertiary/aromatic N) is 1. The minimum Gasteiger partial charge on any atom is -0.349 e. The molecule has 1 saturated carbocycles. The first kappa shape index (κ1) is 19.9. The molecule has 4 rings (SSSR count). The molecule has 28 heavy (non-hydrogen) atoms. The van der Waals surface area contributed by atoms with Gasteiger partial charge in [0.2, 0.25) is 0 Å². The molecule has 3 unspecified atom stereocenters. The molecule has 154 valence electrons. The Morgan fingerprint density at radius 2 is 1.71 bits per heavy atom. The van der Waals surface area contributed by atoms with Gasteiger partial charge in [-0.1, -0.05) is 50.3 Å². The average Bonchev–Trinajstić information content (AvgIpc) is 2.96. The van der Waals surface area contributed by atoms with E-state index in [1.807, 2.05) is 30.3 Å². The van der Waals surface area contributed by atoms with Crippen LogP contribution in [0.1, 0.15) is 74.6 Å². The molecule has 2 heterocycles. The second-order valence-corrected chi connectivity index (χ2v) is 9.31. The fraction of sp³-hybridized carbons (Fsp3) is 0.708. The molecule has 1 aliphatic carbocycles. The fourth-order valence-corrected chi connectivity index (χ4v) is 5.91. The van der Waals surface area contributed by atoms with Crippen molar-refractivity contribution in [3.63, 3.8) is 0 Å². The van der Waals surface area contributed by atoms with Crippen molar-refractivity contribution in [2.75, 3.05) is 13.6 Å². The van der Waals surface area contributed by atoms with Gasteiger partial charge in [-0.15, -0.1) is 0 Å². The topological polar surface area (TPSA) is 44.4 Å². The van der Waals surface area contributed by atoms with Crippen LogP contribution in [0.3, 0.4) is 0 Å². The zero-order valence-corrected chi connectivity index (χ0v) is 17.4. The van der Waals surface area contributed by atoms with Gasteiger partial charge in [-0.05, 0) is 57.2 Å². The van der Waals surface area contributed by atoms with Gasteiger partial charge in [0.15, 0.2) is 0 Å². The van der Waals surface area contributed by atoms with E-state index in [0.717, 1.165) is 24.3 Å². The van der Waals surface area contributed by atoms with Gasteiger partial charge in [0.1, 0.15) is 0 Å². The lowest BCUT2D eigenvalue weighted by molar-refractivity contribution is 0.0805. The van der Waals surface area contributed by atoms with Crippen molar-refractivity contribution in [3.8, 4) is 0 Å². The minimum atomic E-state index is 0.0869. The van der Waals surface area contributed by atoms with Crippen molar-refractivity contribution < 1.29 is 4.79 Å². The summed E-state index contributed by atoms with van der Waals surface area (Å²) >= 11 is 0. The van der Waals surface area contributed by atoms with E-state index in [2.05, 4.69) is 22.6 Å². The van der Waals surface area contributed by atoms with Crippen molar-refractivity contribution in [2.45, 2.75) is 88.4 Å². The normalized spacial score (nSPS) is 29.5. The number of hydrogen-bond acceptors (Lipinski definition) is 3. The summed E-state index contributed by atoms with van der Waals surface area (Å²) in [5.74, 6) is 1.01. The number of nitrogens with one attached hydrogen (secondary N) is 2. The van der Waals surface area contributed by atoms with E-state index in [1.54, 1.807) is 0 Å². The van der Waals surface area contributed by atoms with Crippen molar-refractivity contribution in [1.82, 2.24) is 15.5 Å². The molecule has 2 aliphatic heterocycles. The first-order valence-corrected chi connectivity index (χ1v) is 11.5. The van der Waals surface area contributed by atoms with Crippen molar-refractivity contribution >= 4 is 5.91 Å². The van der Waals surface area contributed by atoms with Gasteiger partial charge < -0.3 is 10.6 Å². The third kappa shape index (κ3) is 4.77. The van der Waals surface area contributed by atoms with Crippen molar-refractivity contribution in [2.24, 2.45) is 5.92 Å². The second kappa shape index (κ2) is 9.41. The maximum absolute atomic E-state index is 12.5. The van der Waals surface area contributed by atoms with Crippen LogP contribution in [-0.4, -0.2) is 48.6 Å². The van der Waals surface area contributed by atoms with E-state index < -0.39 is 0 Å². The van der Waals surface area contributed by atoms with Crippen LogP contribution in [0.25, 0.3) is 0 Å². The smallest absolute Gasteiger partial charge is 0.251 e. The molecule has 0 aromatic heterocycles. The maximum Gasteiger partial charge on any atom is 0.251 e. The molecule has 3 atom stereocenters. The summed E-state index contributed by atoms with van der Waals surface area (Å²) in [6.07, 6.45) is 13.3. The Hall–Kier alpha value is -1.39. The summed E-state index contributed by atoms with van der Waals surface area (Å²) in [7, 11) is 2.14. The predicted molar refractivity (Wildman–Crippen MR) is 114 cm³/mol. The summed E-state index contributed by atoms with van der Waals surface area (Å²) in [6, 6.07) is 11.9. The number of piperidine rings is 1. The lowest BCUT2D eigenvalue weighted by Crippen LogP contribution is -2.53. The molecule has 2 bridgehead atoms. The predicted octanol–water partition coefficient (Wildman–Crippen LogP) is 3.97. The number of carbonyl (C=O) groups is 1. The lowest BCUT2D eigenvalue weighted by Gasteiger charge is -2.41. The van der Waals surface area contributed by atoms with E-state index in [-0.39, 0.29) is 5.91 Å². The monoisotopic (exact) mass is 383 g/mol. The molecule has 0 spiro atoms. The summed E-state index contributed by atoms with van der Waals surface area (Å²) in [5, 5.41) is 6.93. The fourth-order valence-electron chi connectivity index (χ4n) is 5.91. The Bertz CT molecular complexity index is 614. The molecule has 3 fully saturated rings. The SMILES string of the molecule is CNC(CC1CCCCC1)CN1C2CCC1CC(NC(=O)c1ccccc1)C2. The van der Waals surface area contributed by atoms with Gasteiger partial charge in [0, 0.05) is 36.3 Å². The Balaban J connectivity index is 1.30. The van der Waals surface area contributed by atoms with Gasteiger partial charge in [-0.25, -0.2) is 0 Å². The largest absolute Gasteiger partial charge is 0.349 e. The van der Waals surface area contributed by atoms with E-state index in [9.17, 15) is 4.79 Å². The van der Waals surface area contributed by atoms with Crippen LogP contribution in [0.4, 0.5) is 0 Å². The third-order valence-corrected chi connectivity index (χ3v) is 7.44. The Kier molecular flexibility index (Phi) is 6.69. The van der Waals surface area contributed by atoms with Crippen LogP contribution >= 0.6 is 0 Å². The van der Waals surface area contributed by atoms with E-state index in [1.165, 1.54) is 57.9 Å². The summed E-state index contributed by atoms with van der Waals surface area (Å²) < 4.78 is 0. The molecule has 2 N–H and O–H groups in total. The van der Waals surface area contributed by atoms with Crippen molar-refractivity contribution in [1.29, 1.82) is 0 Å². The van der Waals surface area contributed by atoms with Gasteiger partial charge in [-0.3, -0.25) is 9.69 Å². The first-order valence-electron chi connectivity index (χ1n) is 11.5. The van der Waals surface area contributed by atoms with Gasteiger partial charge >= 0.3 is 0 Å². The van der Waals surface area contributed by atoms with E-state index >= 15 is 0 Å². The van der Waals surface area contributed by atoms with Crippen LogP contribution in [0.5, 0.6) is 0 Å². The molecule has 4 nitrogen and oxygen atoms in total. The lowest BCUT2D eigenvalue weighted by atomic mass is 9.84. The average molecular weight is 384 g/mol. The number of benzene rings is 1. The number of rotatable bonds is 7. The molecular formula is C24H37N3O. The summed E-state index contributed by atoms with van der Waals surface area (Å²) in [5.41, 5.74) is 0.778. The Morgan fingerprint density at radius 1 is 1.04 bits per heavy atom. The van der Waals surface area contributed by atoms with Gasteiger partial charge in [0.05, 0.1) is 0 Å². The minimum absolute atomic E-state index is 0.0869. The molecule has 2 saturated heterocycles. The van der Waals surface area contributed by atoms with Gasteiger partial charge in [0.25, 0.3) is 5.91 Å². The van der Waals surface area contributed by atoms with Crippen LogP contribution in [-0.2, 0) is 0 Å². The highest BCUT2D eigenvalue weighted by atomic mass is 16.1. The van der Waals surface area contributed by atoms with Crippen LogP contribution in [0.2, 0.25) is 0 Å². The van der Waals surface area contributed by atoms with Crippen molar-refractivity contribution in [3.05, 3.63) is 35.9 Å². The number of likely N-dealkylation sites (N-methyl/N-ethyl adjacent to an activating group) is 1. The zero-order valence-electron chi connectivity index (χ0n) is 17.4. The number of amides is 1. The first-order chi connectivity index (χ1) is 13.7. The Morgan fingerprint density at radius 3 is 2.36 bits per heavy atom. The Labute approximate surface area is 170 Å². The quantitative estimate of drug-likeness (QED) is 0.749. The maximum atomic E-state index is 12.5. The van der Waals surface area contributed by atoms with E-state index in [4.69, 9.17) is 0 Å². The molecule has 3 aliphatic rings. The van der Waals surface area contributed by atoms with Crippen LogP contribution in [0, 0.1) is 5.92 Å². The molecular weight excluding hydrogens is 346 g/mol. The summed E-state index contributed by atoms with van der Waals surface area (Å²) in [4.78, 5) is 15.3. The second-order valence-electron chi connectivity index (χ2n) is 9.31. The standard InChI is InChI=1S/C24H37N3O/c1-25-21(14-18-8-4-2-5-9-18)17-27-22-12-13-23(27)16-20(15-22)26-24(28)19-10-6-3-7-11-19/h3,6-7,10-11,18,20-23,25H,2,4-5,8-9,12-17H2,1H3,(H,26,28). The molecule has 1 aromatic carbocycles. The molecule has 4 heteroatoms. The van der Waals surface area contributed by atoms with Gasteiger partial charge in [-0.2, -0.15) is 0 Å².